The summed E-state index contributed by atoms with van der Waals surface area (Å²) in [5.74, 6) is 0.459. The minimum atomic E-state index is -0.982. The van der Waals surface area contributed by atoms with E-state index in [0.29, 0.717) is 12.5 Å². The maximum absolute atomic E-state index is 12.0. The molecule has 1 aliphatic rings. The molecular weight excluding hydrogens is 220 g/mol. The van der Waals surface area contributed by atoms with E-state index in [4.69, 9.17) is 0 Å². The van der Waals surface area contributed by atoms with Gasteiger partial charge in [0.1, 0.15) is 12.1 Å². The Bertz CT molecular complexity index is 236. The highest BCUT2D eigenvalue weighted by Gasteiger charge is 2.39. The predicted molar refractivity (Wildman–Crippen MR) is 66.2 cm³/mol. The van der Waals surface area contributed by atoms with Crippen molar-refractivity contribution in [1.29, 1.82) is 0 Å². The zero-order valence-corrected chi connectivity index (χ0v) is 11.2. The molecule has 5 heteroatoms. The summed E-state index contributed by atoms with van der Waals surface area (Å²) in [6.45, 7) is 8.35. The maximum Gasteiger partial charge on any atom is 0.204 e. The van der Waals surface area contributed by atoms with E-state index < -0.39 is 18.4 Å². The molecule has 0 amide bonds. The minimum Gasteiger partial charge on any atom is -0.632 e. The average molecular weight is 246 g/mol. The van der Waals surface area contributed by atoms with E-state index in [1.54, 1.807) is 0 Å². The van der Waals surface area contributed by atoms with E-state index in [1.165, 1.54) is 0 Å². The van der Waals surface area contributed by atoms with Gasteiger partial charge in [-0.3, -0.25) is 0 Å². The molecule has 0 aromatic carbocycles. The molecule has 0 spiro atoms. The third kappa shape index (κ3) is 3.63. The fourth-order valence-corrected chi connectivity index (χ4v) is 2.38. The first kappa shape index (κ1) is 14.9. The number of nitrogens with one attached hydrogen (secondary N) is 2. The van der Waals surface area contributed by atoms with Crippen LogP contribution in [0.3, 0.4) is 0 Å². The lowest BCUT2D eigenvalue weighted by Gasteiger charge is -2.46. The third-order valence-electron chi connectivity index (χ3n) is 3.46. The van der Waals surface area contributed by atoms with Gasteiger partial charge >= 0.3 is 0 Å². The van der Waals surface area contributed by atoms with Gasteiger partial charge in [-0.1, -0.05) is 27.7 Å². The van der Waals surface area contributed by atoms with Gasteiger partial charge in [-0.2, -0.15) is 0 Å². The minimum absolute atomic E-state index is 0.0274. The predicted octanol–water partition coefficient (Wildman–Crippen LogP) is -0.909. The van der Waals surface area contributed by atoms with Gasteiger partial charge in [-0.25, -0.2) is 0 Å². The van der Waals surface area contributed by atoms with Crippen LogP contribution in [0.15, 0.2) is 0 Å². The van der Waals surface area contributed by atoms with Crippen LogP contribution in [0.4, 0.5) is 0 Å². The maximum atomic E-state index is 12.0. The molecule has 17 heavy (non-hydrogen) atoms. The van der Waals surface area contributed by atoms with Crippen molar-refractivity contribution in [2.45, 2.75) is 58.5 Å². The Kier molecular flexibility index (Phi) is 5.34. The number of hydrogen-bond acceptors (Lipinski definition) is 4. The fourth-order valence-electron chi connectivity index (χ4n) is 2.38. The van der Waals surface area contributed by atoms with Gasteiger partial charge in [0.25, 0.3) is 0 Å². The molecule has 0 aromatic heterocycles. The van der Waals surface area contributed by atoms with E-state index in [2.05, 4.69) is 19.2 Å². The number of hydrogen-bond donors (Lipinski definition) is 4. The van der Waals surface area contributed by atoms with Crippen molar-refractivity contribution in [3.8, 4) is 0 Å². The van der Waals surface area contributed by atoms with Gasteiger partial charge in [-0.15, -0.1) is 0 Å². The molecule has 5 atom stereocenters. The molecule has 4 N–H and O–H groups in total. The second-order valence-corrected chi connectivity index (χ2v) is 5.83. The lowest BCUT2D eigenvalue weighted by atomic mass is 9.94. The fraction of sp³-hybridized carbons (Fsp3) is 1.00. The van der Waals surface area contributed by atoms with Crippen LogP contribution in [0.5, 0.6) is 0 Å². The van der Waals surface area contributed by atoms with Gasteiger partial charge < -0.3 is 25.8 Å². The highest BCUT2D eigenvalue weighted by Crippen LogP contribution is 2.11. The van der Waals surface area contributed by atoms with Gasteiger partial charge in [0.2, 0.25) is 6.23 Å². The van der Waals surface area contributed by atoms with Crippen molar-refractivity contribution in [3.05, 3.63) is 5.21 Å². The van der Waals surface area contributed by atoms with E-state index in [1.807, 2.05) is 13.8 Å². The second-order valence-electron chi connectivity index (χ2n) is 5.83. The molecule has 1 saturated heterocycles. The summed E-state index contributed by atoms with van der Waals surface area (Å²) in [5, 5.41) is 34.9. The van der Waals surface area contributed by atoms with Crippen molar-refractivity contribution in [1.82, 2.24) is 5.32 Å². The Labute approximate surface area is 103 Å². The van der Waals surface area contributed by atoms with Crippen molar-refractivity contribution in [2.75, 3.05) is 6.54 Å². The normalized spacial score (nSPS) is 36.5. The number of quaternary nitrogens is 1. The summed E-state index contributed by atoms with van der Waals surface area (Å²) in [7, 11) is 0. The summed E-state index contributed by atoms with van der Waals surface area (Å²) < 4.78 is 0. The van der Waals surface area contributed by atoms with Crippen LogP contribution >= 0.6 is 0 Å². The SMILES string of the molecule is CC(C)CC1NCC(C(O)C(C)C)[NH+]([O-])C1O. The second kappa shape index (κ2) is 6.11. The summed E-state index contributed by atoms with van der Waals surface area (Å²) in [6.07, 6.45) is -0.883. The lowest BCUT2D eigenvalue weighted by molar-refractivity contribution is -0.935. The highest BCUT2D eigenvalue weighted by atomic mass is 16.5. The molecular formula is C12H26N2O3. The molecule has 0 aliphatic carbocycles. The monoisotopic (exact) mass is 246 g/mol. The van der Waals surface area contributed by atoms with Crippen molar-refractivity contribution in [3.63, 3.8) is 0 Å². The number of aliphatic hydroxyl groups is 2. The molecule has 1 aliphatic heterocycles. The van der Waals surface area contributed by atoms with Crippen LogP contribution in [0.2, 0.25) is 0 Å². The van der Waals surface area contributed by atoms with Gasteiger partial charge in [0.05, 0.1) is 12.6 Å². The zero-order chi connectivity index (χ0) is 13.2. The molecule has 0 radical (unpaired) electrons. The first-order valence-corrected chi connectivity index (χ1v) is 6.47. The number of aliphatic hydroxyl groups excluding tert-OH is 2. The number of piperazine rings is 1. The van der Waals surface area contributed by atoms with Crippen LogP contribution in [0, 0.1) is 17.0 Å². The van der Waals surface area contributed by atoms with Crippen molar-refractivity contribution < 1.29 is 15.3 Å². The van der Waals surface area contributed by atoms with E-state index in [0.717, 1.165) is 6.42 Å². The lowest BCUT2D eigenvalue weighted by Crippen LogP contribution is -3.20. The Morgan fingerprint density at radius 1 is 1.35 bits per heavy atom. The van der Waals surface area contributed by atoms with Crippen LogP contribution in [-0.4, -0.2) is 41.2 Å². The molecule has 1 rings (SSSR count). The molecule has 5 unspecified atom stereocenters. The summed E-state index contributed by atoms with van der Waals surface area (Å²) in [5.41, 5.74) is 0. The Morgan fingerprint density at radius 2 is 1.94 bits per heavy atom. The molecule has 102 valence electrons. The molecule has 1 heterocycles. The standard InChI is InChI=1S/C12H26N2O3/c1-7(2)5-9-12(16)14(17)10(6-13-9)11(15)8(3)4/h7-16H,5-6H2,1-4H3. The third-order valence-corrected chi connectivity index (χ3v) is 3.46. The summed E-state index contributed by atoms with van der Waals surface area (Å²) in [6, 6.07) is -0.647. The quantitative estimate of drug-likeness (QED) is 0.484. The van der Waals surface area contributed by atoms with Crippen LogP contribution in [-0.2, 0) is 0 Å². The molecule has 0 bridgehead atoms. The largest absolute Gasteiger partial charge is 0.632 e. The Hall–Kier alpha value is -0.200. The average Bonchev–Trinajstić information content (AvgIpc) is 2.23. The van der Waals surface area contributed by atoms with Gasteiger partial charge in [0, 0.05) is 0 Å². The molecule has 0 aromatic rings. The van der Waals surface area contributed by atoms with Gasteiger partial charge in [0.15, 0.2) is 0 Å². The number of hydroxylamine groups is 2. The topological polar surface area (TPSA) is 80.0 Å². The summed E-state index contributed by atoms with van der Waals surface area (Å²) >= 11 is 0. The highest BCUT2D eigenvalue weighted by molar-refractivity contribution is 4.83. The van der Waals surface area contributed by atoms with Crippen LogP contribution in [0.1, 0.15) is 34.1 Å². The van der Waals surface area contributed by atoms with E-state index in [-0.39, 0.29) is 17.0 Å². The summed E-state index contributed by atoms with van der Waals surface area (Å²) in [4.78, 5) is 0. The van der Waals surface area contributed by atoms with Crippen LogP contribution < -0.4 is 10.4 Å². The van der Waals surface area contributed by atoms with Crippen molar-refractivity contribution >= 4 is 0 Å². The Balaban J connectivity index is 2.62. The van der Waals surface area contributed by atoms with E-state index >= 15 is 0 Å². The molecule has 1 fully saturated rings. The zero-order valence-electron chi connectivity index (χ0n) is 11.2. The van der Waals surface area contributed by atoms with Crippen LogP contribution in [0.25, 0.3) is 0 Å². The molecule has 5 nitrogen and oxygen atoms in total. The number of rotatable bonds is 4. The smallest absolute Gasteiger partial charge is 0.204 e. The first-order chi connectivity index (χ1) is 7.84. The Morgan fingerprint density at radius 3 is 2.41 bits per heavy atom. The first-order valence-electron chi connectivity index (χ1n) is 6.47. The molecule has 0 saturated carbocycles. The van der Waals surface area contributed by atoms with Gasteiger partial charge in [-0.05, 0) is 18.3 Å². The van der Waals surface area contributed by atoms with E-state index in [9.17, 15) is 15.4 Å². The van der Waals surface area contributed by atoms with Crippen molar-refractivity contribution in [2.24, 2.45) is 11.8 Å².